The fraction of sp³-hybridized carbons (Fsp3) is 0.571. The van der Waals surface area contributed by atoms with Crippen molar-refractivity contribution in [2.45, 2.75) is 45.8 Å². The van der Waals surface area contributed by atoms with Gasteiger partial charge in [-0.3, -0.25) is 0 Å². The molecule has 2 N–H and O–H groups in total. The lowest BCUT2D eigenvalue weighted by Gasteiger charge is -2.23. The van der Waals surface area contributed by atoms with Gasteiger partial charge in [-0.15, -0.1) is 0 Å². The van der Waals surface area contributed by atoms with E-state index in [4.69, 9.17) is 11.6 Å². The van der Waals surface area contributed by atoms with Crippen LogP contribution in [0.15, 0.2) is 18.2 Å². The van der Waals surface area contributed by atoms with Crippen molar-refractivity contribution in [1.82, 2.24) is 5.32 Å². The molecule has 3 heteroatoms. The molecule has 0 amide bonds. The van der Waals surface area contributed by atoms with Crippen molar-refractivity contribution in [2.24, 2.45) is 0 Å². The maximum absolute atomic E-state index is 10.0. The molecule has 1 rings (SSSR count). The van der Waals surface area contributed by atoms with E-state index in [9.17, 15) is 5.11 Å². The highest BCUT2D eigenvalue weighted by Gasteiger charge is 2.17. The lowest BCUT2D eigenvalue weighted by Crippen LogP contribution is -2.37. The molecular weight excluding hydrogens is 234 g/mol. The molecule has 0 bridgehead atoms. The Morgan fingerprint density at radius 2 is 2.12 bits per heavy atom. The Kier molecular flexibility index (Phi) is 5.44. The van der Waals surface area contributed by atoms with Crippen LogP contribution in [0.3, 0.4) is 0 Å². The molecule has 1 atom stereocenters. The quantitative estimate of drug-likeness (QED) is 0.818. The van der Waals surface area contributed by atoms with E-state index in [-0.39, 0.29) is 0 Å². The first-order chi connectivity index (χ1) is 7.94. The maximum Gasteiger partial charge on any atom is 0.0743 e. The molecule has 1 aromatic carbocycles. The molecule has 96 valence electrons. The second kappa shape index (κ2) is 6.39. The van der Waals surface area contributed by atoms with Crippen LogP contribution in [0.5, 0.6) is 0 Å². The predicted molar refractivity (Wildman–Crippen MR) is 73.4 cm³/mol. The minimum atomic E-state index is -0.622. The average Bonchev–Trinajstić information content (AvgIpc) is 2.23. The number of aliphatic hydroxyl groups is 1. The van der Waals surface area contributed by atoms with Crippen molar-refractivity contribution in [3.63, 3.8) is 0 Å². The number of aryl methyl sites for hydroxylation is 1. The molecular formula is C14H22ClNO. The Labute approximate surface area is 109 Å². The van der Waals surface area contributed by atoms with Gasteiger partial charge in [0.05, 0.1) is 5.60 Å². The molecule has 1 unspecified atom stereocenters. The predicted octanol–water partition coefficient (Wildman–Crippen LogP) is 3.29. The molecule has 0 spiro atoms. The lowest BCUT2D eigenvalue weighted by atomic mass is 10.0. The highest BCUT2D eigenvalue weighted by Crippen LogP contribution is 2.17. The molecule has 0 aliphatic rings. The van der Waals surface area contributed by atoms with Crippen LogP contribution in [0.1, 0.15) is 37.8 Å². The Morgan fingerprint density at radius 1 is 1.41 bits per heavy atom. The van der Waals surface area contributed by atoms with Gasteiger partial charge in [0.1, 0.15) is 0 Å². The summed E-state index contributed by atoms with van der Waals surface area (Å²) in [6, 6.07) is 6.05. The third kappa shape index (κ3) is 5.07. The third-order valence-corrected chi connectivity index (χ3v) is 3.27. The third-order valence-electron chi connectivity index (χ3n) is 2.86. The van der Waals surface area contributed by atoms with Gasteiger partial charge in [0.25, 0.3) is 0 Å². The largest absolute Gasteiger partial charge is 0.389 e. The van der Waals surface area contributed by atoms with E-state index in [1.807, 2.05) is 26.0 Å². The van der Waals surface area contributed by atoms with E-state index in [0.29, 0.717) is 6.54 Å². The zero-order valence-corrected chi connectivity index (χ0v) is 11.6. The van der Waals surface area contributed by atoms with Gasteiger partial charge >= 0.3 is 0 Å². The van der Waals surface area contributed by atoms with Crippen LogP contribution in [0.2, 0.25) is 5.02 Å². The molecule has 0 radical (unpaired) electrons. The Bertz CT molecular complexity index is 363. The van der Waals surface area contributed by atoms with Gasteiger partial charge in [0, 0.05) is 18.1 Å². The van der Waals surface area contributed by atoms with E-state index in [1.54, 1.807) is 0 Å². The summed E-state index contributed by atoms with van der Waals surface area (Å²) in [6.45, 7) is 7.28. The van der Waals surface area contributed by atoms with Gasteiger partial charge in [-0.05, 0) is 37.5 Å². The van der Waals surface area contributed by atoms with Crippen LogP contribution in [0.25, 0.3) is 0 Å². The first-order valence-electron chi connectivity index (χ1n) is 6.13. The Morgan fingerprint density at radius 3 is 2.71 bits per heavy atom. The Balaban J connectivity index is 2.43. The second-order valence-corrected chi connectivity index (χ2v) is 5.34. The average molecular weight is 256 g/mol. The monoisotopic (exact) mass is 255 g/mol. The number of rotatable bonds is 6. The normalized spacial score (nSPS) is 14.6. The van der Waals surface area contributed by atoms with Crippen LogP contribution in [0, 0.1) is 6.92 Å². The minimum Gasteiger partial charge on any atom is -0.389 e. The summed E-state index contributed by atoms with van der Waals surface area (Å²) in [5, 5.41) is 14.1. The highest BCUT2D eigenvalue weighted by molar-refractivity contribution is 6.31. The Hall–Kier alpha value is -0.570. The van der Waals surface area contributed by atoms with E-state index in [1.165, 1.54) is 0 Å². The van der Waals surface area contributed by atoms with Gasteiger partial charge in [-0.1, -0.05) is 37.1 Å². The van der Waals surface area contributed by atoms with Crippen molar-refractivity contribution in [3.8, 4) is 0 Å². The molecule has 0 aliphatic heterocycles. The van der Waals surface area contributed by atoms with Gasteiger partial charge in [0.15, 0.2) is 0 Å². The van der Waals surface area contributed by atoms with Crippen LogP contribution >= 0.6 is 11.6 Å². The SMILES string of the molecule is CCCC(C)(O)CNCc1ccc(C)c(Cl)c1. The van der Waals surface area contributed by atoms with Gasteiger partial charge in [-0.25, -0.2) is 0 Å². The summed E-state index contributed by atoms with van der Waals surface area (Å²) in [7, 11) is 0. The summed E-state index contributed by atoms with van der Waals surface area (Å²) in [5.74, 6) is 0. The number of benzene rings is 1. The van der Waals surface area contributed by atoms with Crippen molar-refractivity contribution in [1.29, 1.82) is 0 Å². The molecule has 0 aromatic heterocycles. The number of hydrogen-bond acceptors (Lipinski definition) is 2. The van der Waals surface area contributed by atoms with Crippen LogP contribution in [-0.2, 0) is 6.54 Å². The number of nitrogens with one attached hydrogen (secondary N) is 1. The molecule has 17 heavy (non-hydrogen) atoms. The fourth-order valence-electron chi connectivity index (χ4n) is 1.85. The molecule has 0 aliphatic carbocycles. The molecule has 0 saturated heterocycles. The van der Waals surface area contributed by atoms with Gasteiger partial charge in [0.2, 0.25) is 0 Å². The molecule has 0 saturated carbocycles. The summed E-state index contributed by atoms with van der Waals surface area (Å²) < 4.78 is 0. The number of hydrogen-bond donors (Lipinski definition) is 2. The molecule has 2 nitrogen and oxygen atoms in total. The number of halogens is 1. The zero-order chi connectivity index (χ0) is 12.9. The van der Waals surface area contributed by atoms with E-state index in [0.717, 1.165) is 35.5 Å². The first kappa shape index (κ1) is 14.5. The summed E-state index contributed by atoms with van der Waals surface area (Å²) >= 11 is 6.06. The second-order valence-electron chi connectivity index (χ2n) is 4.93. The topological polar surface area (TPSA) is 32.3 Å². The molecule has 1 aromatic rings. The smallest absolute Gasteiger partial charge is 0.0743 e. The van der Waals surface area contributed by atoms with Crippen LogP contribution < -0.4 is 5.32 Å². The van der Waals surface area contributed by atoms with E-state index >= 15 is 0 Å². The van der Waals surface area contributed by atoms with Crippen LogP contribution in [-0.4, -0.2) is 17.3 Å². The molecule has 0 fully saturated rings. The van der Waals surface area contributed by atoms with Crippen molar-refractivity contribution in [2.75, 3.05) is 6.54 Å². The van der Waals surface area contributed by atoms with Gasteiger partial charge in [-0.2, -0.15) is 0 Å². The first-order valence-corrected chi connectivity index (χ1v) is 6.50. The molecule has 0 heterocycles. The van der Waals surface area contributed by atoms with Crippen molar-refractivity contribution >= 4 is 11.6 Å². The highest BCUT2D eigenvalue weighted by atomic mass is 35.5. The fourth-order valence-corrected chi connectivity index (χ4v) is 2.05. The summed E-state index contributed by atoms with van der Waals surface area (Å²) in [5.41, 5.74) is 1.62. The summed E-state index contributed by atoms with van der Waals surface area (Å²) in [6.07, 6.45) is 1.81. The van der Waals surface area contributed by atoms with Gasteiger partial charge < -0.3 is 10.4 Å². The zero-order valence-electron chi connectivity index (χ0n) is 10.9. The van der Waals surface area contributed by atoms with Crippen molar-refractivity contribution < 1.29 is 5.11 Å². The van der Waals surface area contributed by atoms with E-state index < -0.39 is 5.60 Å². The van der Waals surface area contributed by atoms with E-state index in [2.05, 4.69) is 18.3 Å². The van der Waals surface area contributed by atoms with Crippen LogP contribution in [0.4, 0.5) is 0 Å². The van der Waals surface area contributed by atoms with Crippen molar-refractivity contribution in [3.05, 3.63) is 34.3 Å². The standard InChI is InChI=1S/C14H22ClNO/c1-4-7-14(3,17)10-16-9-12-6-5-11(2)13(15)8-12/h5-6,8,16-17H,4,7,9-10H2,1-3H3. The maximum atomic E-state index is 10.0. The lowest BCUT2D eigenvalue weighted by molar-refractivity contribution is 0.0498. The minimum absolute atomic E-state index is 0.604. The summed E-state index contributed by atoms with van der Waals surface area (Å²) in [4.78, 5) is 0.